The maximum Gasteiger partial charge on any atom is 0.142 e. The molecular formula is C10H6ClIN2. The van der Waals surface area contributed by atoms with Crippen molar-refractivity contribution in [3.8, 4) is 11.1 Å². The molecule has 0 aromatic carbocycles. The SMILES string of the molecule is Clc1ncc(-c2ccncc2)cc1I. The first-order valence-corrected chi connectivity index (χ1v) is 5.44. The molecule has 0 saturated carbocycles. The van der Waals surface area contributed by atoms with Gasteiger partial charge in [0.25, 0.3) is 0 Å². The van der Waals surface area contributed by atoms with Crippen LogP contribution < -0.4 is 0 Å². The fraction of sp³-hybridized carbons (Fsp3) is 0. The van der Waals surface area contributed by atoms with Gasteiger partial charge in [-0.3, -0.25) is 4.98 Å². The van der Waals surface area contributed by atoms with Crippen LogP contribution in [0, 0.1) is 3.57 Å². The van der Waals surface area contributed by atoms with E-state index in [0.29, 0.717) is 5.15 Å². The number of halogens is 2. The Kier molecular flexibility index (Phi) is 2.98. The molecule has 2 aromatic rings. The number of nitrogens with zero attached hydrogens (tertiary/aromatic N) is 2. The molecule has 0 unspecified atom stereocenters. The van der Waals surface area contributed by atoms with Crippen LogP contribution in [0.4, 0.5) is 0 Å². The first-order chi connectivity index (χ1) is 6.77. The smallest absolute Gasteiger partial charge is 0.142 e. The molecule has 2 nitrogen and oxygen atoms in total. The summed E-state index contributed by atoms with van der Waals surface area (Å²) in [6, 6.07) is 5.90. The monoisotopic (exact) mass is 316 g/mol. The van der Waals surface area contributed by atoms with E-state index in [4.69, 9.17) is 11.6 Å². The minimum atomic E-state index is 0.545. The zero-order chi connectivity index (χ0) is 9.97. The summed E-state index contributed by atoms with van der Waals surface area (Å²) in [6.45, 7) is 0. The van der Waals surface area contributed by atoms with Crippen molar-refractivity contribution in [2.75, 3.05) is 0 Å². The van der Waals surface area contributed by atoms with E-state index in [1.54, 1.807) is 18.6 Å². The third kappa shape index (κ3) is 2.04. The van der Waals surface area contributed by atoms with E-state index < -0.39 is 0 Å². The van der Waals surface area contributed by atoms with Crippen molar-refractivity contribution >= 4 is 34.2 Å². The van der Waals surface area contributed by atoms with E-state index in [2.05, 4.69) is 32.6 Å². The predicted octanol–water partition coefficient (Wildman–Crippen LogP) is 3.40. The molecule has 0 bridgehead atoms. The van der Waals surface area contributed by atoms with Crippen LogP contribution in [0.3, 0.4) is 0 Å². The molecule has 0 fully saturated rings. The first kappa shape index (κ1) is 9.86. The van der Waals surface area contributed by atoms with Crippen LogP contribution in [-0.2, 0) is 0 Å². The molecule has 0 aliphatic rings. The van der Waals surface area contributed by atoms with Gasteiger partial charge in [-0.25, -0.2) is 4.98 Å². The summed E-state index contributed by atoms with van der Waals surface area (Å²) in [5.41, 5.74) is 2.16. The van der Waals surface area contributed by atoms with Crippen molar-refractivity contribution in [3.63, 3.8) is 0 Å². The lowest BCUT2D eigenvalue weighted by Gasteiger charge is -2.01. The molecular weight excluding hydrogens is 310 g/mol. The lowest BCUT2D eigenvalue weighted by molar-refractivity contribution is 1.29. The summed E-state index contributed by atoms with van der Waals surface area (Å²) in [5.74, 6) is 0. The minimum Gasteiger partial charge on any atom is -0.265 e. The van der Waals surface area contributed by atoms with Gasteiger partial charge in [-0.05, 0) is 46.4 Å². The van der Waals surface area contributed by atoms with Crippen LogP contribution in [0.1, 0.15) is 0 Å². The lowest BCUT2D eigenvalue weighted by Crippen LogP contribution is -1.84. The van der Waals surface area contributed by atoms with E-state index in [-0.39, 0.29) is 0 Å². The summed E-state index contributed by atoms with van der Waals surface area (Å²) in [6.07, 6.45) is 5.29. The predicted molar refractivity (Wildman–Crippen MR) is 65.2 cm³/mol. The Labute approximate surface area is 100 Å². The average molecular weight is 317 g/mol. The highest BCUT2D eigenvalue weighted by molar-refractivity contribution is 14.1. The van der Waals surface area contributed by atoms with Crippen molar-refractivity contribution in [1.82, 2.24) is 9.97 Å². The van der Waals surface area contributed by atoms with Crippen molar-refractivity contribution in [3.05, 3.63) is 45.5 Å². The molecule has 0 aliphatic heterocycles. The molecule has 0 amide bonds. The maximum absolute atomic E-state index is 5.84. The molecule has 0 radical (unpaired) electrons. The molecule has 0 N–H and O–H groups in total. The molecule has 0 atom stereocenters. The Morgan fingerprint density at radius 1 is 1.14 bits per heavy atom. The van der Waals surface area contributed by atoms with E-state index in [0.717, 1.165) is 14.7 Å². The minimum absolute atomic E-state index is 0.545. The van der Waals surface area contributed by atoms with Crippen LogP contribution in [0.25, 0.3) is 11.1 Å². The standard InChI is InChI=1S/C10H6ClIN2/c11-10-9(12)5-8(6-14-10)7-1-3-13-4-2-7/h1-6H. The quantitative estimate of drug-likeness (QED) is 0.595. The van der Waals surface area contributed by atoms with E-state index in [1.807, 2.05) is 18.2 Å². The van der Waals surface area contributed by atoms with Gasteiger partial charge < -0.3 is 0 Å². The zero-order valence-electron chi connectivity index (χ0n) is 7.11. The van der Waals surface area contributed by atoms with Gasteiger partial charge in [0.2, 0.25) is 0 Å². The topological polar surface area (TPSA) is 25.8 Å². The van der Waals surface area contributed by atoms with Gasteiger partial charge in [0, 0.05) is 24.2 Å². The fourth-order valence-corrected chi connectivity index (χ4v) is 1.70. The Balaban J connectivity index is 2.48. The number of hydrogen-bond acceptors (Lipinski definition) is 2. The Morgan fingerprint density at radius 3 is 2.50 bits per heavy atom. The number of rotatable bonds is 1. The highest BCUT2D eigenvalue weighted by atomic mass is 127. The largest absolute Gasteiger partial charge is 0.265 e. The Hall–Kier alpha value is -0.680. The third-order valence-corrected chi connectivity index (χ3v) is 3.25. The fourth-order valence-electron chi connectivity index (χ4n) is 1.12. The molecule has 70 valence electrons. The Morgan fingerprint density at radius 2 is 1.86 bits per heavy atom. The molecule has 2 aromatic heterocycles. The van der Waals surface area contributed by atoms with Gasteiger partial charge in [0.05, 0.1) is 3.57 Å². The van der Waals surface area contributed by atoms with Gasteiger partial charge in [-0.15, -0.1) is 0 Å². The van der Waals surface area contributed by atoms with Gasteiger partial charge in [-0.1, -0.05) is 11.6 Å². The summed E-state index contributed by atoms with van der Waals surface area (Å²) in [5, 5.41) is 0.545. The maximum atomic E-state index is 5.84. The van der Waals surface area contributed by atoms with Crippen LogP contribution >= 0.6 is 34.2 Å². The number of aromatic nitrogens is 2. The molecule has 0 spiro atoms. The lowest BCUT2D eigenvalue weighted by atomic mass is 10.1. The summed E-state index contributed by atoms with van der Waals surface area (Å²) in [7, 11) is 0. The molecule has 2 heterocycles. The van der Waals surface area contributed by atoms with Crippen LogP contribution in [-0.4, -0.2) is 9.97 Å². The van der Waals surface area contributed by atoms with Crippen LogP contribution in [0.5, 0.6) is 0 Å². The molecule has 4 heteroatoms. The Bertz CT molecular complexity index is 445. The first-order valence-electron chi connectivity index (χ1n) is 3.99. The molecule has 0 aliphatic carbocycles. The van der Waals surface area contributed by atoms with Crippen molar-refractivity contribution in [1.29, 1.82) is 0 Å². The van der Waals surface area contributed by atoms with Crippen molar-refractivity contribution in [2.24, 2.45) is 0 Å². The second-order valence-corrected chi connectivity index (χ2v) is 4.25. The molecule has 14 heavy (non-hydrogen) atoms. The molecule has 2 rings (SSSR count). The molecule has 0 saturated heterocycles. The summed E-state index contributed by atoms with van der Waals surface area (Å²) < 4.78 is 0.957. The second kappa shape index (κ2) is 4.23. The second-order valence-electron chi connectivity index (χ2n) is 2.73. The zero-order valence-corrected chi connectivity index (χ0v) is 10.0. The number of hydrogen-bond donors (Lipinski definition) is 0. The normalized spacial score (nSPS) is 10.1. The van der Waals surface area contributed by atoms with E-state index in [9.17, 15) is 0 Å². The summed E-state index contributed by atoms with van der Waals surface area (Å²) in [4.78, 5) is 8.06. The van der Waals surface area contributed by atoms with Gasteiger partial charge in [-0.2, -0.15) is 0 Å². The highest BCUT2D eigenvalue weighted by Gasteiger charge is 2.01. The van der Waals surface area contributed by atoms with Crippen LogP contribution in [0.15, 0.2) is 36.8 Å². The van der Waals surface area contributed by atoms with Gasteiger partial charge in [0.1, 0.15) is 5.15 Å². The van der Waals surface area contributed by atoms with E-state index in [1.165, 1.54) is 0 Å². The van der Waals surface area contributed by atoms with Crippen molar-refractivity contribution in [2.45, 2.75) is 0 Å². The van der Waals surface area contributed by atoms with Gasteiger partial charge in [0.15, 0.2) is 0 Å². The highest BCUT2D eigenvalue weighted by Crippen LogP contribution is 2.23. The third-order valence-electron chi connectivity index (χ3n) is 1.81. The number of pyridine rings is 2. The van der Waals surface area contributed by atoms with E-state index >= 15 is 0 Å². The van der Waals surface area contributed by atoms with Gasteiger partial charge >= 0.3 is 0 Å². The van der Waals surface area contributed by atoms with Crippen LogP contribution in [0.2, 0.25) is 5.15 Å². The average Bonchev–Trinajstić information content (AvgIpc) is 2.23. The van der Waals surface area contributed by atoms with Crippen molar-refractivity contribution < 1.29 is 0 Å². The summed E-state index contributed by atoms with van der Waals surface area (Å²) >= 11 is 8.00.